The fourth-order valence-corrected chi connectivity index (χ4v) is 2.99. The summed E-state index contributed by atoms with van der Waals surface area (Å²) in [5.41, 5.74) is 10.1. The maximum atomic E-state index is 6.00. The number of nitrogens with two attached hydrogens (primary N) is 1. The lowest BCUT2D eigenvalue weighted by molar-refractivity contribution is 0.171. The first-order valence-electron chi connectivity index (χ1n) is 8.72. The van der Waals surface area contributed by atoms with Crippen LogP contribution in [0.4, 0.5) is 0 Å². The molecular formula is C22H21NO3. The van der Waals surface area contributed by atoms with Crippen LogP contribution in [0.15, 0.2) is 66.7 Å². The van der Waals surface area contributed by atoms with Crippen LogP contribution < -0.4 is 19.9 Å². The van der Waals surface area contributed by atoms with E-state index < -0.39 is 0 Å². The van der Waals surface area contributed by atoms with E-state index in [1.165, 1.54) is 0 Å². The standard InChI is InChI=1S/C22H21NO3/c23-14-17-10-19(18-6-7-21-22(13-18)25-9-8-24-21)12-20(11-17)26-15-16-4-2-1-3-5-16/h1-7,10-13H,8-9,14-15,23H2. The van der Waals surface area contributed by atoms with E-state index in [-0.39, 0.29) is 0 Å². The van der Waals surface area contributed by atoms with Crippen molar-refractivity contribution in [2.45, 2.75) is 13.2 Å². The minimum atomic E-state index is 0.458. The van der Waals surface area contributed by atoms with Crippen molar-refractivity contribution in [2.24, 2.45) is 5.73 Å². The normalized spacial score (nSPS) is 12.7. The predicted molar refractivity (Wildman–Crippen MR) is 102 cm³/mol. The summed E-state index contributed by atoms with van der Waals surface area (Å²) in [4.78, 5) is 0. The van der Waals surface area contributed by atoms with Crippen LogP contribution in [0.3, 0.4) is 0 Å². The van der Waals surface area contributed by atoms with E-state index in [0.717, 1.165) is 39.5 Å². The smallest absolute Gasteiger partial charge is 0.161 e. The summed E-state index contributed by atoms with van der Waals surface area (Å²) >= 11 is 0. The van der Waals surface area contributed by atoms with E-state index in [1.807, 2.05) is 48.5 Å². The van der Waals surface area contributed by atoms with E-state index in [4.69, 9.17) is 19.9 Å². The van der Waals surface area contributed by atoms with Gasteiger partial charge in [0.25, 0.3) is 0 Å². The van der Waals surface area contributed by atoms with Gasteiger partial charge in [0.05, 0.1) is 0 Å². The summed E-state index contributed by atoms with van der Waals surface area (Å²) in [6.07, 6.45) is 0. The largest absolute Gasteiger partial charge is 0.489 e. The lowest BCUT2D eigenvalue weighted by atomic mass is 10.0. The Hall–Kier alpha value is -2.98. The van der Waals surface area contributed by atoms with Crippen LogP contribution in [0.1, 0.15) is 11.1 Å². The molecule has 0 fully saturated rings. The molecule has 0 atom stereocenters. The molecule has 0 amide bonds. The van der Waals surface area contributed by atoms with Gasteiger partial charge >= 0.3 is 0 Å². The Morgan fingerprint density at radius 1 is 0.769 bits per heavy atom. The Bertz CT molecular complexity index is 893. The third kappa shape index (κ3) is 3.65. The maximum absolute atomic E-state index is 6.00. The number of benzene rings is 3. The highest BCUT2D eigenvalue weighted by molar-refractivity contribution is 5.69. The molecule has 1 heterocycles. The topological polar surface area (TPSA) is 53.7 Å². The first-order valence-corrected chi connectivity index (χ1v) is 8.72. The minimum absolute atomic E-state index is 0.458. The van der Waals surface area contributed by atoms with Gasteiger partial charge in [-0.15, -0.1) is 0 Å². The van der Waals surface area contributed by atoms with Crippen LogP contribution in [0.2, 0.25) is 0 Å². The molecule has 0 unspecified atom stereocenters. The minimum Gasteiger partial charge on any atom is -0.489 e. The summed E-state index contributed by atoms with van der Waals surface area (Å²) < 4.78 is 17.3. The molecule has 0 spiro atoms. The van der Waals surface area contributed by atoms with Crippen LogP contribution in [0.25, 0.3) is 11.1 Å². The van der Waals surface area contributed by atoms with Gasteiger partial charge in [-0.2, -0.15) is 0 Å². The summed E-state index contributed by atoms with van der Waals surface area (Å²) in [5, 5.41) is 0. The predicted octanol–water partition coefficient (Wildman–Crippen LogP) is 4.16. The zero-order valence-electron chi connectivity index (χ0n) is 14.5. The number of hydrogen-bond acceptors (Lipinski definition) is 4. The molecule has 3 aromatic rings. The van der Waals surface area contributed by atoms with Crippen molar-refractivity contribution >= 4 is 0 Å². The van der Waals surface area contributed by atoms with Crippen LogP contribution >= 0.6 is 0 Å². The van der Waals surface area contributed by atoms with Crippen molar-refractivity contribution < 1.29 is 14.2 Å². The van der Waals surface area contributed by atoms with Gasteiger partial charge in [-0.25, -0.2) is 0 Å². The molecule has 4 nitrogen and oxygen atoms in total. The summed E-state index contributed by atoms with van der Waals surface area (Å²) in [6.45, 7) is 2.15. The van der Waals surface area contributed by atoms with Gasteiger partial charge in [0.1, 0.15) is 25.6 Å². The second-order valence-electron chi connectivity index (χ2n) is 6.20. The highest BCUT2D eigenvalue weighted by atomic mass is 16.6. The molecule has 0 saturated heterocycles. The Kier molecular flexibility index (Phi) is 4.75. The average molecular weight is 347 g/mol. The van der Waals surface area contributed by atoms with Crippen molar-refractivity contribution in [3.63, 3.8) is 0 Å². The summed E-state index contributed by atoms with van der Waals surface area (Å²) in [6, 6.07) is 22.2. The zero-order chi connectivity index (χ0) is 17.8. The first kappa shape index (κ1) is 16.5. The Morgan fingerprint density at radius 2 is 1.58 bits per heavy atom. The average Bonchev–Trinajstić information content (AvgIpc) is 2.72. The molecule has 2 N–H and O–H groups in total. The quantitative estimate of drug-likeness (QED) is 0.753. The van der Waals surface area contributed by atoms with Crippen LogP contribution in [-0.2, 0) is 13.2 Å². The Labute approximate surface area is 153 Å². The van der Waals surface area contributed by atoms with Gasteiger partial charge in [-0.05, 0) is 52.6 Å². The fourth-order valence-electron chi connectivity index (χ4n) is 2.99. The number of rotatable bonds is 5. The molecule has 26 heavy (non-hydrogen) atoms. The van der Waals surface area contributed by atoms with E-state index in [2.05, 4.69) is 18.2 Å². The van der Waals surface area contributed by atoms with E-state index in [1.54, 1.807) is 0 Å². The van der Waals surface area contributed by atoms with Gasteiger partial charge < -0.3 is 19.9 Å². The molecular weight excluding hydrogens is 326 g/mol. The number of hydrogen-bond donors (Lipinski definition) is 1. The molecule has 0 bridgehead atoms. The van der Waals surface area contributed by atoms with Crippen LogP contribution in [-0.4, -0.2) is 13.2 Å². The fraction of sp³-hybridized carbons (Fsp3) is 0.182. The lowest BCUT2D eigenvalue weighted by Gasteiger charge is -2.19. The molecule has 4 rings (SSSR count). The van der Waals surface area contributed by atoms with E-state index in [0.29, 0.717) is 26.4 Å². The molecule has 132 valence electrons. The lowest BCUT2D eigenvalue weighted by Crippen LogP contribution is -2.15. The number of ether oxygens (including phenoxy) is 3. The molecule has 0 aromatic heterocycles. The van der Waals surface area contributed by atoms with Gasteiger partial charge in [0, 0.05) is 6.54 Å². The van der Waals surface area contributed by atoms with Gasteiger partial charge in [-0.3, -0.25) is 0 Å². The van der Waals surface area contributed by atoms with Crippen molar-refractivity contribution in [2.75, 3.05) is 13.2 Å². The second kappa shape index (κ2) is 7.50. The molecule has 1 aliphatic heterocycles. The Morgan fingerprint density at radius 3 is 2.38 bits per heavy atom. The molecule has 1 aliphatic rings. The summed E-state index contributed by atoms with van der Waals surface area (Å²) in [5.74, 6) is 2.37. The van der Waals surface area contributed by atoms with Gasteiger partial charge in [-0.1, -0.05) is 36.4 Å². The number of fused-ring (bicyclic) bond motifs is 1. The van der Waals surface area contributed by atoms with Crippen molar-refractivity contribution in [3.05, 3.63) is 77.9 Å². The van der Waals surface area contributed by atoms with Crippen molar-refractivity contribution in [3.8, 4) is 28.4 Å². The van der Waals surface area contributed by atoms with Gasteiger partial charge in [0.15, 0.2) is 11.5 Å². The SMILES string of the molecule is NCc1cc(OCc2ccccc2)cc(-c2ccc3c(c2)OCCO3)c1. The molecule has 0 saturated carbocycles. The molecule has 3 aromatic carbocycles. The highest BCUT2D eigenvalue weighted by Crippen LogP contribution is 2.36. The van der Waals surface area contributed by atoms with Crippen LogP contribution in [0.5, 0.6) is 17.2 Å². The summed E-state index contributed by atoms with van der Waals surface area (Å²) in [7, 11) is 0. The van der Waals surface area contributed by atoms with Gasteiger partial charge in [0.2, 0.25) is 0 Å². The monoisotopic (exact) mass is 347 g/mol. The van der Waals surface area contributed by atoms with E-state index >= 15 is 0 Å². The van der Waals surface area contributed by atoms with Crippen molar-refractivity contribution in [1.82, 2.24) is 0 Å². The van der Waals surface area contributed by atoms with E-state index in [9.17, 15) is 0 Å². The third-order valence-electron chi connectivity index (χ3n) is 4.33. The molecule has 0 radical (unpaired) electrons. The second-order valence-corrected chi connectivity index (χ2v) is 6.20. The first-order chi connectivity index (χ1) is 12.8. The molecule has 4 heteroatoms. The maximum Gasteiger partial charge on any atom is 0.161 e. The zero-order valence-corrected chi connectivity index (χ0v) is 14.5. The van der Waals surface area contributed by atoms with Crippen molar-refractivity contribution in [1.29, 1.82) is 0 Å². The van der Waals surface area contributed by atoms with Crippen LogP contribution in [0, 0.1) is 0 Å². The third-order valence-corrected chi connectivity index (χ3v) is 4.33. The Balaban J connectivity index is 1.61. The highest BCUT2D eigenvalue weighted by Gasteiger charge is 2.13. The molecule has 0 aliphatic carbocycles.